The molecule has 1 aromatic heterocycles. The smallest absolute Gasteiger partial charge is 0.251 e. The van der Waals surface area contributed by atoms with Crippen LogP contribution < -0.4 is 21.3 Å². The van der Waals surface area contributed by atoms with Gasteiger partial charge in [0.2, 0.25) is 0 Å². The molecule has 4 N–H and O–H groups in total. The van der Waals surface area contributed by atoms with Gasteiger partial charge in [-0.1, -0.05) is 20.8 Å². The topological polar surface area (TPSA) is 117 Å². The molecule has 8 nitrogen and oxygen atoms in total. The van der Waals surface area contributed by atoms with Crippen molar-refractivity contribution in [3.8, 4) is 0 Å². The molecule has 4 atom stereocenters. The quantitative estimate of drug-likeness (QED) is 0.397. The van der Waals surface area contributed by atoms with Gasteiger partial charge in [0.15, 0.2) is 5.78 Å². The molecule has 2 amide bonds. The van der Waals surface area contributed by atoms with Crippen LogP contribution in [0.2, 0.25) is 0 Å². The van der Waals surface area contributed by atoms with E-state index < -0.39 is 5.91 Å². The van der Waals surface area contributed by atoms with Crippen molar-refractivity contribution in [2.75, 3.05) is 16.8 Å². The predicted molar refractivity (Wildman–Crippen MR) is 158 cm³/mol. The van der Waals surface area contributed by atoms with Crippen molar-refractivity contribution in [1.29, 1.82) is 0 Å². The maximum atomic E-state index is 13.5. The molecule has 214 valence electrons. The average Bonchev–Trinajstić information content (AvgIpc) is 3.67. The van der Waals surface area contributed by atoms with Gasteiger partial charge in [0, 0.05) is 53.6 Å². The fourth-order valence-electron chi connectivity index (χ4n) is 6.16. The van der Waals surface area contributed by atoms with Gasteiger partial charge in [-0.2, -0.15) is 0 Å². The van der Waals surface area contributed by atoms with Crippen LogP contribution in [0.25, 0.3) is 0 Å². The zero-order chi connectivity index (χ0) is 28.8. The first-order chi connectivity index (χ1) is 18.9. The number of anilines is 2. The number of rotatable bonds is 8. The Morgan fingerprint density at radius 3 is 2.45 bits per heavy atom. The largest absolute Gasteiger partial charge is 0.381 e. The first-order valence-electron chi connectivity index (χ1n) is 14.7. The van der Waals surface area contributed by atoms with E-state index in [0.29, 0.717) is 34.3 Å². The Morgan fingerprint density at radius 1 is 1.07 bits per heavy atom. The number of nitrogens with two attached hydrogens (primary N) is 1. The molecule has 2 saturated carbocycles. The van der Waals surface area contributed by atoms with E-state index in [1.54, 1.807) is 18.3 Å². The van der Waals surface area contributed by atoms with Gasteiger partial charge >= 0.3 is 0 Å². The molecule has 3 unspecified atom stereocenters. The first-order valence-corrected chi connectivity index (χ1v) is 14.7. The van der Waals surface area contributed by atoms with Crippen LogP contribution in [0.1, 0.15) is 103 Å². The highest BCUT2D eigenvalue weighted by molar-refractivity contribution is 6.03. The van der Waals surface area contributed by atoms with Crippen LogP contribution in [-0.4, -0.2) is 47.3 Å². The molecular weight excluding hydrogens is 502 g/mol. The third-order valence-corrected chi connectivity index (χ3v) is 9.19. The van der Waals surface area contributed by atoms with E-state index in [0.717, 1.165) is 56.5 Å². The molecule has 40 heavy (non-hydrogen) atoms. The molecule has 2 aliphatic carbocycles. The zero-order valence-electron chi connectivity index (χ0n) is 24.4. The molecule has 3 fully saturated rings. The number of ketones is 1. The molecule has 8 heteroatoms. The van der Waals surface area contributed by atoms with Crippen LogP contribution >= 0.6 is 0 Å². The lowest BCUT2D eigenvalue weighted by molar-refractivity contribution is 0.0933. The summed E-state index contributed by atoms with van der Waals surface area (Å²) >= 11 is 0. The number of carbonyl (C=O) groups excluding carboxylic acids is 3. The number of primary amides is 1. The van der Waals surface area contributed by atoms with E-state index in [1.165, 1.54) is 0 Å². The van der Waals surface area contributed by atoms with Crippen molar-refractivity contribution in [3.63, 3.8) is 0 Å². The van der Waals surface area contributed by atoms with Crippen LogP contribution in [0, 0.1) is 24.2 Å². The number of hydrogen-bond donors (Lipinski definition) is 3. The molecule has 2 aromatic rings. The number of amides is 2. The highest BCUT2D eigenvalue weighted by Crippen LogP contribution is 2.39. The number of nitrogens with zero attached hydrogens (tertiary/aromatic N) is 2. The molecule has 1 saturated heterocycles. The molecule has 1 aromatic carbocycles. The summed E-state index contributed by atoms with van der Waals surface area (Å²) in [4.78, 5) is 45.2. The lowest BCUT2D eigenvalue weighted by atomic mass is 9.87. The van der Waals surface area contributed by atoms with E-state index in [2.05, 4.69) is 48.2 Å². The number of hydrogen-bond acceptors (Lipinski definition) is 6. The molecule has 3 aliphatic rings. The predicted octanol–water partition coefficient (Wildman–Crippen LogP) is 5.11. The fourth-order valence-corrected chi connectivity index (χ4v) is 6.16. The van der Waals surface area contributed by atoms with E-state index >= 15 is 0 Å². The minimum atomic E-state index is -0.517. The van der Waals surface area contributed by atoms with Gasteiger partial charge in [-0.3, -0.25) is 14.4 Å². The minimum absolute atomic E-state index is 0.0455. The number of aryl methyl sites for hydroxylation is 1. The van der Waals surface area contributed by atoms with Crippen molar-refractivity contribution in [2.24, 2.45) is 23.0 Å². The summed E-state index contributed by atoms with van der Waals surface area (Å²) in [6.45, 7) is 11.2. The minimum Gasteiger partial charge on any atom is -0.381 e. The summed E-state index contributed by atoms with van der Waals surface area (Å²) in [5.74, 6) is 1.15. The number of aromatic nitrogens is 1. The van der Waals surface area contributed by atoms with Crippen molar-refractivity contribution < 1.29 is 14.4 Å². The molecule has 0 bridgehead atoms. The van der Waals surface area contributed by atoms with Gasteiger partial charge in [0.1, 0.15) is 5.82 Å². The summed E-state index contributed by atoms with van der Waals surface area (Å²) in [6, 6.07) is 7.82. The van der Waals surface area contributed by atoms with Crippen LogP contribution in [0.3, 0.4) is 0 Å². The van der Waals surface area contributed by atoms with Gasteiger partial charge in [-0.15, -0.1) is 0 Å². The van der Waals surface area contributed by atoms with Gasteiger partial charge in [-0.05, 0) is 93.5 Å². The molecule has 0 radical (unpaired) electrons. The summed E-state index contributed by atoms with van der Waals surface area (Å²) in [5, 5.41) is 6.71. The summed E-state index contributed by atoms with van der Waals surface area (Å²) in [6.07, 6.45) is 7.72. The van der Waals surface area contributed by atoms with E-state index in [-0.39, 0.29) is 35.1 Å². The van der Waals surface area contributed by atoms with Crippen molar-refractivity contribution in [3.05, 3.63) is 52.7 Å². The summed E-state index contributed by atoms with van der Waals surface area (Å²) < 4.78 is 0. The Labute approximate surface area is 237 Å². The standard InChI is InChI=1S/C32H43N5O3/c1-18-13-25(30(33)39)26(35-19(2)32(3,4)5)16-24(18)31(40)36-23-14-21-7-6-12-37(27(21)15-23)28-11-10-22(17-34-28)29(38)20-8-9-20/h10-11,13,16-17,19-21,23,27,35H,6-9,12,14-15H2,1-5H3,(H2,33,39)(H,36,40)/t19-,21?,23?,27?/m1/s1. The fraction of sp³-hybridized carbons (Fsp3) is 0.562. The third kappa shape index (κ3) is 5.86. The lowest BCUT2D eigenvalue weighted by Crippen LogP contribution is -2.43. The summed E-state index contributed by atoms with van der Waals surface area (Å²) in [5.41, 5.74) is 8.61. The Morgan fingerprint density at radius 2 is 1.82 bits per heavy atom. The normalized spacial score (nSPS) is 23.3. The second kappa shape index (κ2) is 10.9. The van der Waals surface area contributed by atoms with Crippen molar-refractivity contribution in [1.82, 2.24) is 10.3 Å². The van der Waals surface area contributed by atoms with E-state index in [9.17, 15) is 14.4 Å². The number of piperidine rings is 1. The number of pyridine rings is 1. The van der Waals surface area contributed by atoms with Crippen LogP contribution in [0.4, 0.5) is 11.5 Å². The van der Waals surface area contributed by atoms with Gasteiger partial charge in [0.25, 0.3) is 11.8 Å². The second-order valence-electron chi connectivity index (χ2n) is 13.2. The average molecular weight is 546 g/mol. The number of carbonyl (C=O) groups is 3. The van der Waals surface area contributed by atoms with Gasteiger partial charge < -0.3 is 21.3 Å². The molecule has 5 rings (SSSR count). The monoisotopic (exact) mass is 545 g/mol. The number of benzene rings is 1. The van der Waals surface area contributed by atoms with Crippen LogP contribution in [0.5, 0.6) is 0 Å². The molecule has 1 aliphatic heterocycles. The lowest BCUT2D eigenvalue weighted by Gasteiger charge is -2.38. The van der Waals surface area contributed by atoms with E-state index in [1.807, 2.05) is 19.1 Å². The number of Topliss-reactive ketones (excluding diaryl/α,β-unsaturated/α-hetero) is 1. The Bertz CT molecular complexity index is 1290. The highest BCUT2D eigenvalue weighted by Gasteiger charge is 2.41. The van der Waals surface area contributed by atoms with Gasteiger partial charge in [0.05, 0.1) is 5.56 Å². The molecular formula is C32H43N5O3. The van der Waals surface area contributed by atoms with Crippen LogP contribution in [0.15, 0.2) is 30.5 Å². The first kappa shape index (κ1) is 28.1. The number of fused-ring (bicyclic) bond motifs is 1. The van der Waals surface area contributed by atoms with E-state index in [4.69, 9.17) is 5.73 Å². The SMILES string of the molecule is Cc1cc(C(N)=O)c(N[C@H](C)C(C)(C)C)cc1C(=O)NC1CC2CCCN(c3ccc(C(=O)C4CC4)cn3)C2C1. The molecule has 0 spiro atoms. The Kier molecular flexibility index (Phi) is 7.64. The maximum Gasteiger partial charge on any atom is 0.251 e. The maximum absolute atomic E-state index is 13.5. The third-order valence-electron chi connectivity index (χ3n) is 9.19. The Hall–Kier alpha value is -3.42. The van der Waals surface area contributed by atoms with Crippen LogP contribution in [-0.2, 0) is 0 Å². The zero-order valence-corrected chi connectivity index (χ0v) is 24.4. The Balaban J connectivity index is 1.29. The van der Waals surface area contributed by atoms with Crippen molar-refractivity contribution in [2.45, 2.75) is 91.3 Å². The summed E-state index contributed by atoms with van der Waals surface area (Å²) in [7, 11) is 0. The highest BCUT2D eigenvalue weighted by atomic mass is 16.2. The second-order valence-corrected chi connectivity index (χ2v) is 13.2. The van der Waals surface area contributed by atoms with Crippen molar-refractivity contribution >= 4 is 29.1 Å². The molecule has 2 heterocycles. The van der Waals surface area contributed by atoms with Gasteiger partial charge in [-0.25, -0.2) is 4.98 Å². The number of nitrogens with one attached hydrogen (secondary N) is 2.